The van der Waals surface area contributed by atoms with Crippen LogP contribution in [0.3, 0.4) is 0 Å². The molecule has 4 aliphatic heterocycles. The molecular formula is C30H29FN10OS2. The second-order valence-electron chi connectivity index (χ2n) is 12.4. The SMILES string of the molecule is N#Cc1c(N)sc2c1C1(CN(c3nc(OC[C@@]45CCCN4C[C@H](F)C5)nc4c3ncn4Cc3ccc4nccn4c3)C1)SC2. The van der Waals surface area contributed by atoms with Gasteiger partial charge >= 0.3 is 6.01 Å². The van der Waals surface area contributed by atoms with Crippen LogP contribution in [0.2, 0.25) is 0 Å². The summed E-state index contributed by atoms with van der Waals surface area (Å²) in [5, 5.41) is 10.5. The molecule has 0 saturated carbocycles. The lowest BCUT2D eigenvalue weighted by Crippen LogP contribution is -2.57. The Bertz CT molecular complexity index is 1990. The van der Waals surface area contributed by atoms with Crippen molar-refractivity contribution in [3.05, 3.63) is 58.6 Å². The zero-order valence-electron chi connectivity index (χ0n) is 23.8. The molecule has 11 nitrogen and oxygen atoms in total. The van der Waals surface area contributed by atoms with Gasteiger partial charge in [0.1, 0.15) is 29.5 Å². The molecule has 2 N–H and O–H groups in total. The summed E-state index contributed by atoms with van der Waals surface area (Å²) in [6, 6.07) is 6.68. The molecule has 224 valence electrons. The van der Waals surface area contributed by atoms with Crippen LogP contribution in [-0.2, 0) is 17.0 Å². The number of rotatable bonds is 6. The van der Waals surface area contributed by atoms with Crippen LogP contribution in [0.5, 0.6) is 6.01 Å². The number of alkyl halides is 1. The lowest BCUT2D eigenvalue weighted by Gasteiger charge is -2.48. The van der Waals surface area contributed by atoms with Gasteiger partial charge in [0.15, 0.2) is 17.0 Å². The van der Waals surface area contributed by atoms with Gasteiger partial charge in [-0.3, -0.25) is 4.90 Å². The fourth-order valence-electron chi connectivity index (χ4n) is 7.65. The Kier molecular flexibility index (Phi) is 5.74. The van der Waals surface area contributed by atoms with Crippen molar-refractivity contribution < 1.29 is 9.13 Å². The number of ether oxygens (including phenoxy) is 1. The van der Waals surface area contributed by atoms with Crippen LogP contribution in [-0.4, -0.2) is 78.3 Å². The zero-order valence-corrected chi connectivity index (χ0v) is 25.5. The van der Waals surface area contributed by atoms with Gasteiger partial charge in [0.25, 0.3) is 0 Å². The molecule has 3 fully saturated rings. The molecule has 44 heavy (non-hydrogen) atoms. The van der Waals surface area contributed by atoms with Crippen molar-refractivity contribution in [2.24, 2.45) is 0 Å². The summed E-state index contributed by atoms with van der Waals surface area (Å²) in [6.45, 7) is 3.66. The maximum atomic E-state index is 14.5. The molecule has 14 heteroatoms. The largest absolute Gasteiger partial charge is 0.461 e. The Morgan fingerprint density at radius 1 is 1.23 bits per heavy atom. The van der Waals surface area contributed by atoms with Crippen LogP contribution in [0.4, 0.5) is 15.2 Å². The Morgan fingerprint density at radius 2 is 2.14 bits per heavy atom. The number of hydrogen-bond donors (Lipinski definition) is 1. The minimum absolute atomic E-state index is 0.196. The number of nitrogens with two attached hydrogens (primary N) is 1. The summed E-state index contributed by atoms with van der Waals surface area (Å²) in [5.41, 5.74) is 11.0. The van der Waals surface area contributed by atoms with Gasteiger partial charge in [0.2, 0.25) is 0 Å². The highest BCUT2D eigenvalue weighted by molar-refractivity contribution is 8.00. The minimum Gasteiger partial charge on any atom is -0.461 e. The highest BCUT2D eigenvalue weighted by atomic mass is 32.2. The summed E-state index contributed by atoms with van der Waals surface area (Å²) in [7, 11) is 0. The van der Waals surface area contributed by atoms with Gasteiger partial charge in [0, 0.05) is 60.8 Å². The topological polar surface area (TPSA) is 126 Å². The van der Waals surface area contributed by atoms with Gasteiger partial charge in [-0.25, -0.2) is 14.4 Å². The van der Waals surface area contributed by atoms with Gasteiger partial charge < -0.3 is 24.3 Å². The summed E-state index contributed by atoms with van der Waals surface area (Å²) >= 11 is 3.40. The number of nitrogen functional groups attached to an aromatic ring is 1. The number of hydrogen-bond acceptors (Lipinski definition) is 11. The molecule has 0 amide bonds. The Labute approximate surface area is 260 Å². The summed E-state index contributed by atoms with van der Waals surface area (Å²) in [5.74, 6) is 1.57. The van der Waals surface area contributed by atoms with Crippen LogP contribution in [0.25, 0.3) is 16.8 Å². The van der Waals surface area contributed by atoms with E-state index in [1.807, 2.05) is 33.0 Å². The number of thiophene rings is 1. The van der Waals surface area contributed by atoms with Gasteiger partial charge in [-0.05, 0) is 31.0 Å². The first-order chi connectivity index (χ1) is 21.4. The number of nitrogens with zero attached hydrogens (tertiary/aromatic N) is 9. The molecule has 9 rings (SSSR count). The summed E-state index contributed by atoms with van der Waals surface area (Å²) < 4.78 is 24.7. The van der Waals surface area contributed by atoms with E-state index in [2.05, 4.69) is 33.1 Å². The molecular weight excluding hydrogens is 600 g/mol. The van der Waals surface area contributed by atoms with E-state index in [-0.39, 0.29) is 16.3 Å². The first kappa shape index (κ1) is 26.5. The van der Waals surface area contributed by atoms with Crippen molar-refractivity contribution >= 4 is 50.7 Å². The van der Waals surface area contributed by atoms with Gasteiger partial charge in [-0.1, -0.05) is 6.07 Å². The van der Waals surface area contributed by atoms with E-state index in [0.29, 0.717) is 66.8 Å². The van der Waals surface area contributed by atoms with Crippen molar-refractivity contribution in [3.63, 3.8) is 0 Å². The van der Waals surface area contributed by atoms with Crippen LogP contribution >= 0.6 is 23.1 Å². The van der Waals surface area contributed by atoms with Crippen molar-refractivity contribution in [2.45, 2.75) is 48.0 Å². The maximum Gasteiger partial charge on any atom is 0.320 e. The lowest BCUT2D eigenvalue weighted by molar-refractivity contribution is 0.107. The van der Waals surface area contributed by atoms with E-state index in [1.165, 1.54) is 16.2 Å². The van der Waals surface area contributed by atoms with Gasteiger partial charge in [-0.2, -0.15) is 15.2 Å². The van der Waals surface area contributed by atoms with E-state index in [1.54, 1.807) is 12.5 Å². The predicted octanol–water partition coefficient (Wildman–Crippen LogP) is 3.96. The first-order valence-electron chi connectivity index (χ1n) is 14.8. The standard InChI is InChI=1S/C30H29FN10OS2/c31-19-8-29(4-1-6-41(29)12-19)16-42-28-36-26-24(35-17-39(26)11-18-2-3-22-34-5-7-38(22)10-18)27(37-28)40-14-30(15-40)23-20(9-32)25(33)44-21(23)13-43-30/h2-3,5,7,10,17,19H,1,4,6,8,11-16,33H2/t19-,29+/m1/s1. The van der Waals surface area contributed by atoms with Crippen LogP contribution in [0.1, 0.15) is 40.8 Å². The third-order valence-electron chi connectivity index (χ3n) is 9.71. The quantitative estimate of drug-likeness (QED) is 0.295. The first-order valence-corrected chi connectivity index (χ1v) is 16.6. The average Bonchev–Trinajstić information content (AvgIpc) is 3.82. The third kappa shape index (κ3) is 3.88. The maximum absolute atomic E-state index is 14.5. The molecule has 1 spiro atoms. The molecule has 2 atom stereocenters. The number of anilines is 2. The predicted molar refractivity (Wildman–Crippen MR) is 167 cm³/mol. The van der Waals surface area contributed by atoms with Crippen LogP contribution in [0.15, 0.2) is 37.1 Å². The number of thioether (sulfide) groups is 1. The molecule has 0 radical (unpaired) electrons. The fourth-order valence-corrected chi connectivity index (χ4v) is 10.5. The van der Waals surface area contributed by atoms with Crippen molar-refractivity contribution in [1.82, 2.24) is 33.8 Å². The fraction of sp³-hybridized carbons (Fsp3) is 0.433. The number of nitriles is 1. The van der Waals surface area contributed by atoms with E-state index >= 15 is 0 Å². The molecule has 4 aliphatic rings. The van der Waals surface area contributed by atoms with Gasteiger partial charge in [-0.15, -0.1) is 23.1 Å². The molecule has 5 aromatic heterocycles. The Morgan fingerprint density at radius 3 is 3.02 bits per heavy atom. The zero-order chi connectivity index (χ0) is 29.6. The van der Waals surface area contributed by atoms with Crippen LogP contribution < -0.4 is 15.4 Å². The number of aromatic nitrogens is 6. The number of pyridine rings is 1. The molecule has 0 unspecified atom stereocenters. The Hall–Kier alpha value is -3.93. The number of imidazole rings is 2. The summed E-state index contributed by atoms with van der Waals surface area (Å²) in [6.07, 6.45) is 9.18. The smallest absolute Gasteiger partial charge is 0.320 e. The highest BCUT2D eigenvalue weighted by Crippen LogP contribution is 2.58. The average molecular weight is 629 g/mol. The second kappa shape index (κ2) is 9.53. The molecule has 3 saturated heterocycles. The number of fused-ring (bicyclic) bond motifs is 5. The van der Waals surface area contributed by atoms with Crippen molar-refractivity contribution in [3.8, 4) is 12.1 Å². The van der Waals surface area contributed by atoms with Crippen molar-refractivity contribution in [1.29, 1.82) is 5.26 Å². The van der Waals surface area contributed by atoms with Crippen molar-refractivity contribution in [2.75, 3.05) is 43.4 Å². The minimum atomic E-state index is -0.831. The lowest BCUT2D eigenvalue weighted by atomic mass is 9.88. The molecule has 0 aromatic carbocycles. The van der Waals surface area contributed by atoms with Crippen LogP contribution in [0, 0.1) is 11.3 Å². The molecule has 0 bridgehead atoms. The highest BCUT2D eigenvalue weighted by Gasteiger charge is 2.53. The van der Waals surface area contributed by atoms with E-state index in [4.69, 9.17) is 25.4 Å². The second-order valence-corrected chi connectivity index (χ2v) is 14.9. The molecule has 9 heterocycles. The Balaban J connectivity index is 1.07. The van der Waals surface area contributed by atoms with E-state index in [0.717, 1.165) is 41.9 Å². The van der Waals surface area contributed by atoms with E-state index < -0.39 is 6.17 Å². The van der Waals surface area contributed by atoms with E-state index in [9.17, 15) is 9.65 Å². The monoisotopic (exact) mass is 628 g/mol. The van der Waals surface area contributed by atoms with Gasteiger partial charge in [0.05, 0.1) is 28.7 Å². The summed E-state index contributed by atoms with van der Waals surface area (Å²) in [4.78, 5) is 24.6. The normalized spacial score (nSPS) is 23.8. The molecule has 5 aromatic rings. The number of halogens is 1. The third-order valence-corrected chi connectivity index (χ3v) is 12.4. The molecule has 0 aliphatic carbocycles.